The minimum atomic E-state index is -0.0203. The van der Waals surface area contributed by atoms with Crippen LogP contribution >= 0.6 is 0 Å². The summed E-state index contributed by atoms with van der Waals surface area (Å²) in [4.78, 5) is 12.2. The number of ether oxygens (including phenoxy) is 1. The number of hydrogen-bond acceptors (Lipinski definition) is 3. The molecule has 0 amide bonds. The van der Waals surface area contributed by atoms with Gasteiger partial charge in [0.25, 0.3) is 0 Å². The van der Waals surface area contributed by atoms with Crippen LogP contribution in [0.2, 0.25) is 0 Å². The van der Waals surface area contributed by atoms with Crippen LogP contribution in [0.5, 0.6) is 5.75 Å². The lowest BCUT2D eigenvalue weighted by atomic mass is 9.99. The molecule has 0 aliphatic rings. The van der Waals surface area contributed by atoms with Crippen LogP contribution in [-0.2, 0) is 6.42 Å². The van der Waals surface area contributed by atoms with Crippen molar-refractivity contribution in [3.63, 3.8) is 0 Å². The molecule has 0 spiro atoms. The fourth-order valence-electron chi connectivity index (χ4n) is 2.12. The predicted octanol–water partition coefficient (Wildman–Crippen LogP) is 3.38. The molecule has 0 atom stereocenters. The van der Waals surface area contributed by atoms with E-state index in [1.807, 2.05) is 24.3 Å². The second-order valence-electron chi connectivity index (χ2n) is 4.39. The smallest absolute Gasteiger partial charge is 0.164 e. The molecule has 2 rings (SSSR count). The van der Waals surface area contributed by atoms with Crippen molar-refractivity contribution in [2.45, 2.75) is 12.8 Å². The molecular formula is C17H15NO2. The van der Waals surface area contributed by atoms with Crippen molar-refractivity contribution in [3.05, 3.63) is 65.2 Å². The first-order chi connectivity index (χ1) is 9.76. The van der Waals surface area contributed by atoms with Gasteiger partial charge >= 0.3 is 0 Å². The van der Waals surface area contributed by atoms with E-state index in [1.54, 1.807) is 31.4 Å². The maximum absolute atomic E-state index is 12.2. The van der Waals surface area contributed by atoms with E-state index in [2.05, 4.69) is 6.07 Å². The van der Waals surface area contributed by atoms with Crippen LogP contribution in [0.25, 0.3) is 0 Å². The molecule has 0 aliphatic heterocycles. The summed E-state index contributed by atoms with van der Waals surface area (Å²) in [6, 6.07) is 16.6. The molecule has 0 unspecified atom stereocenters. The number of benzene rings is 2. The van der Waals surface area contributed by atoms with Crippen molar-refractivity contribution in [2.24, 2.45) is 0 Å². The summed E-state index contributed by atoms with van der Waals surface area (Å²) in [5, 5.41) is 9.01. The molecule has 0 radical (unpaired) electrons. The van der Waals surface area contributed by atoms with Crippen molar-refractivity contribution in [1.82, 2.24) is 0 Å². The van der Waals surface area contributed by atoms with Gasteiger partial charge in [-0.25, -0.2) is 0 Å². The van der Waals surface area contributed by atoms with Gasteiger partial charge in [-0.3, -0.25) is 4.79 Å². The van der Waals surface area contributed by atoms with Gasteiger partial charge in [0.15, 0.2) is 5.78 Å². The summed E-state index contributed by atoms with van der Waals surface area (Å²) in [6.07, 6.45) is 0.960. The van der Waals surface area contributed by atoms with E-state index in [1.165, 1.54) is 0 Å². The molecule has 3 nitrogen and oxygen atoms in total. The Morgan fingerprint density at radius 2 is 1.85 bits per heavy atom. The highest BCUT2D eigenvalue weighted by atomic mass is 16.5. The Labute approximate surface area is 118 Å². The van der Waals surface area contributed by atoms with Crippen molar-refractivity contribution in [1.29, 1.82) is 5.26 Å². The SMILES string of the molecule is COc1ccccc1CCC(=O)c1ccccc1C#N. The second-order valence-corrected chi connectivity index (χ2v) is 4.39. The number of aryl methyl sites for hydroxylation is 1. The van der Waals surface area contributed by atoms with Gasteiger partial charge < -0.3 is 4.74 Å². The van der Waals surface area contributed by atoms with Crippen molar-refractivity contribution >= 4 is 5.78 Å². The Morgan fingerprint density at radius 3 is 2.60 bits per heavy atom. The zero-order chi connectivity index (χ0) is 14.4. The molecule has 0 heterocycles. The quantitative estimate of drug-likeness (QED) is 0.779. The first kappa shape index (κ1) is 13.8. The lowest BCUT2D eigenvalue weighted by molar-refractivity contribution is 0.0982. The maximum Gasteiger partial charge on any atom is 0.164 e. The molecule has 0 bridgehead atoms. The molecule has 100 valence electrons. The minimum Gasteiger partial charge on any atom is -0.496 e. The summed E-state index contributed by atoms with van der Waals surface area (Å²) in [7, 11) is 1.62. The summed E-state index contributed by atoms with van der Waals surface area (Å²) < 4.78 is 5.26. The predicted molar refractivity (Wildman–Crippen MR) is 76.8 cm³/mol. The second kappa shape index (κ2) is 6.53. The zero-order valence-electron chi connectivity index (χ0n) is 11.3. The number of hydrogen-bond donors (Lipinski definition) is 0. The zero-order valence-corrected chi connectivity index (χ0v) is 11.3. The summed E-state index contributed by atoms with van der Waals surface area (Å²) in [6.45, 7) is 0. The van der Waals surface area contributed by atoms with Gasteiger partial charge in [0.1, 0.15) is 5.75 Å². The monoisotopic (exact) mass is 265 g/mol. The average molecular weight is 265 g/mol. The third-order valence-corrected chi connectivity index (χ3v) is 3.16. The number of Topliss-reactive ketones (excluding diaryl/α,β-unsaturated/α-hetero) is 1. The molecular weight excluding hydrogens is 250 g/mol. The number of methoxy groups -OCH3 is 1. The molecule has 0 N–H and O–H groups in total. The number of nitriles is 1. The molecule has 20 heavy (non-hydrogen) atoms. The normalized spacial score (nSPS) is 9.80. The molecule has 0 aliphatic carbocycles. The van der Waals surface area contributed by atoms with Crippen LogP contribution in [0.1, 0.15) is 27.9 Å². The van der Waals surface area contributed by atoms with E-state index >= 15 is 0 Å². The van der Waals surface area contributed by atoms with Crippen LogP contribution in [0.4, 0.5) is 0 Å². The van der Waals surface area contributed by atoms with E-state index in [9.17, 15) is 4.79 Å². The lowest BCUT2D eigenvalue weighted by Gasteiger charge is -2.08. The topological polar surface area (TPSA) is 50.1 Å². The maximum atomic E-state index is 12.2. The van der Waals surface area contributed by atoms with Crippen LogP contribution in [0.3, 0.4) is 0 Å². The fraction of sp³-hybridized carbons (Fsp3) is 0.176. The van der Waals surface area contributed by atoms with Gasteiger partial charge in [-0.2, -0.15) is 5.26 Å². The Bertz CT molecular complexity index is 656. The molecule has 0 saturated heterocycles. The largest absolute Gasteiger partial charge is 0.496 e. The highest BCUT2D eigenvalue weighted by Gasteiger charge is 2.11. The Kier molecular flexibility index (Phi) is 4.52. The molecule has 0 saturated carbocycles. The summed E-state index contributed by atoms with van der Waals surface area (Å²) in [5.74, 6) is 0.766. The Balaban J connectivity index is 2.11. The molecule has 2 aromatic rings. The average Bonchev–Trinajstić information content (AvgIpc) is 2.52. The Morgan fingerprint density at radius 1 is 1.15 bits per heavy atom. The van der Waals surface area contributed by atoms with Crippen molar-refractivity contribution < 1.29 is 9.53 Å². The third kappa shape index (κ3) is 3.04. The van der Waals surface area contributed by atoms with Crippen LogP contribution < -0.4 is 4.74 Å². The summed E-state index contributed by atoms with van der Waals surface area (Å²) >= 11 is 0. The van der Waals surface area contributed by atoms with Gasteiger partial charge in [0.05, 0.1) is 18.7 Å². The van der Waals surface area contributed by atoms with E-state index in [-0.39, 0.29) is 5.78 Å². The summed E-state index contributed by atoms with van der Waals surface area (Å²) in [5.41, 5.74) is 1.92. The standard InChI is InChI=1S/C17H15NO2/c1-20-17-9-5-3-6-13(17)10-11-16(19)15-8-4-2-7-14(15)12-18/h2-9H,10-11H2,1H3. The van der Waals surface area contributed by atoms with Crippen LogP contribution in [0.15, 0.2) is 48.5 Å². The lowest BCUT2D eigenvalue weighted by Crippen LogP contribution is -2.04. The first-order valence-electron chi connectivity index (χ1n) is 6.40. The number of carbonyl (C=O) groups is 1. The number of para-hydroxylation sites is 1. The van der Waals surface area contributed by atoms with E-state index in [0.717, 1.165) is 11.3 Å². The van der Waals surface area contributed by atoms with Gasteiger partial charge in [0.2, 0.25) is 0 Å². The van der Waals surface area contributed by atoms with Crippen LogP contribution in [0, 0.1) is 11.3 Å². The van der Waals surface area contributed by atoms with Gasteiger partial charge in [0, 0.05) is 12.0 Å². The van der Waals surface area contributed by atoms with Gasteiger partial charge in [-0.05, 0) is 24.1 Å². The first-order valence-corrected chi connectivity index (χ1v) is 6.40. The van der Waals surface area contributed by atoms with E-state index < -0.39 is 0 Å². The van der Waals surface area contributed by atoms with E-state index in [4.69, 9.17) is 10.00 Å². The highest BCUT2D eigenvalue weighted by Crippen LogP contribution is 2.20. The van der Waals surface area contributed by atoms with Crippen molar-refractivity contribution in [2.75, 3.05) is 7.11 Å². The molecule has 3 heteroatoms. The van der Waals surface area contributed by atoms with Gasteiger partial charge in [-0.1, -0.05) is 36.4 Å². The van der Waals surface area contributed by atoms with Crippen LogP contribution in [-0.4, -0.2) is 12.9 Å². The third-order valence-electron chi connectivity index (χ3n) is 3.16. The Hall–Kier alpha value is -2.60. The van der Waals surface area contributed by atoms with Crippen molar-refractivity contribution in [3.8, 4) is 11.8 Å². The van der Waals surface area contributed by atoms with E-state index in [0.29, 0.717) is 24.0 Å². The number of nitrogens with zero attached hydrogens (tertiary/aromatic N) is 1. The molecule has 0 fully saturated rings. The van der Waals surface area contributed by atoms with Gasteiger partial charge in [-0.15, -0.1) is 0 Å². The minimum absolute atomic E-state index is 0.0203. The number of ketones is 1. The molecule has 2 aromatic carbocycles. The highest BCUT2D eigenvalue weighted by molar-refractivity contribution is 5.98. The number of rotatable bonds is 5. The number of carbonyl (C=O) groups excluding carboxylic acids is 1. The molecule has 0 aromatic heterocycles. The fourth-order valence-corrected chi connectivity index (χ4v) is 2.12.